The predicted octanol–water partition coefficient (Wildman–Crippen LogP) is 1.59. The SMILES string of the molecule is COc1cccc(C(=O)c2ccc(OC)c(O)c2S(=O)(=O)O)c1O. The number of carbonyl (C=O) groups excluding carboxylic acids is 1. The maximum atomic E-state index is 12.6. The minimum Gasteiger partial charge on any atom is -0.504 e. The highest BCUT2D eigenvalue weighted by atomic mass is 32.2. The molecule has 0 saturated carbocycles. The summed E-state index contributed by atoms with van der Waals surface area (Å²) in [5.41, 5.74) is -0.789. The Morgan fingerprint density at radius 3 is 2.04 bits per heavy atom. The third-order valence-corrected chi connectivity index (χ3v) is 4.21. The van der Waals surface area contributed by atoms with Crippen LogP contribution in [0.1, 0.15) is 15.9 Å². The molecular formula is C15H14O8S. The van der Waals surface area contributed by atoms with Gasteiger partial charge in [0.25, 0.3) is 10.1 Å². The largest absolute Gasteiger partial charge is 0.504 e. The first-order valence-corrected chi connectivity index (χ1v) is 7.94. The third-order valence-electron chi connectivity index (χ3n) is 3.28. The maximum absolute atomic E-state index is 12.6. The van der Waals surface area contributed by atoms with Crippen LogP contribution in [-0.4, -0.2) is 43.2 Å². The minimum atomic E-state index is -4.94. The molecule has 128 valence electrons. The monoisotopic (exact) mass is 354 g/mol. The predicted molar refractivity (Wildman–Crippen MR) is 82.6 cm³/mol. The van der Waals surface area contributed by atoms with Gasteiger partial charge in [-0.1, -0.05) is 6.07 Å². The molecule has 0 bridgehead atoms. The lowest BCUT2D eigenvalue weighted by molar-refractivity contribution is 0.103. The highest BCUT2D eigenvalue weighted by Crippen LogP contribution is 2.38. The Morgan fingerprint density at radius 1 is 0.917 bits per heavy atom. The van der Waals surface area contributed by atoms with Gasteiger partial charge in [-0.05, 0) is 24.3 Å². The number of benzene rings is 2. The molecule has 0 unspecified atom stereocenters. The van der Waals surface area contributed by atoms with E-state index in [0.29, 0.717) is 0 Å². The molecule has 0 aliphatic rings. The number of phenols is 2. The number of hydrogen-bond acceptors (Lipinski definition) is 7. The van der Waals surface area contributed by atoms with E-state index in [0.717, 1.165) is 12.1 Å². The standard InChI is InChI=1S/C15H14O8S/c1-22-10-5-3-4-8(13(10)17)12(16)9-6-7-11(23-2)14(18)15(9)24(19,20)21/h3-7,17-18H,1-2H3,(H,19,20,21). The summed E-state index contributed by atoms with van der Waals surface area (Å²) in [6.45, 7) is 0. The Balaban J connectivity index is 2.74. The summed E-state index contributed by atoms with van der Waals surface area (Å²) in [5.74, 6) is -2.58. The second-order valence-electron chi connectivity index (χ2n) is 4.65. The van der Waals surface area contributed by atoms with Crippen molar-refractivity contribution in [2.75, 3.05) is 14.2 Å². The number of carbonyl (C=O) groups is 1. The van der Waals surface area contributed by atoms with Crippen LogP contribution in [0.25, 0.3) is 0 Å². The molecule has 0 radical (unpaired) electrons. The summed E-state index contributed by atoms with van der Waals surface area (Å²) in [6.07, 6.45) is 0. The van der Waals surface area contributed by atoms with Gasteiger partial charge in [-0.3, -0.25) is 9.35 Å². The van der Waals surface area contributed by atoms with Gasteiger partial charge < -0.3 is 19.7 Å². The molecule has 0 fully saturated rings. The molecule has 0 spiro atoms. The first-order chi connectivity index (χ1) is 11.2. The first-order valence-electron chi connectivity index (χ1n) is 6.50. The van der Waals surface area contributed by atoms with E-state index in [1.165, 1.54) is 32.4 Å². The van der Waals surface area contributed by atoms with Crippen LogP contribution in [0.4, 0.5) is 0 Å². The molecule has 3 N–H and O–H groups in total. The van der Waals surface area contributed by atoms with Crippen LogP contribution in [0, 0.1) is 0 Å². The number of rotatable bonds is 5. The van der Waals surface area contributed by atoms with Crippen LogP contribution in [0.2, 0.25) is 0 Å². The van der Waals surface area contributed by atoms with Crippen molar-refractivity contribution in [1.29, 1.82) is 0 Å². The molecule has 2 aromatic rings. The fourth-order valence-corrected chi connectivity index (χ4v) is 2.96. The normalized spacial score (nSPS) is 11.1. The molecule has 0 aromatic heterocycles. The molecule has 8 nitrogen and oxygen atoms in total. The highest BCUT2D eigenvalue weighted by Gasteiger charge is 2.29. The van der Waals surface area contributed by atoms with Gasteiger partial charge in [0.1, 0.15) is 0 Å². The number of hydrogen-bond donors (Lipinski definition) is 3. The molecule has 0 atom stereocenters. The zero-order valence-electron chi connectivity index (χ0n) is 12.7. The fraction of sp³-hybridized carbons (Fsp3) is 0.133. The van der Waals surface area contributed by atoms with E-state index in [1.54, 1.807) is 0 Å². The molecule has 2 rings (SSSR count). The van der Waals surface area contributed by atoms with Gasteiger partial charge >= 0.3 is 0 Å². The lowest BCUT2D eigenvalue weighted by Crippen LogP contribution is -2.11. The molecule has 9 heteroatoms. The Morgan fingerprint density at radius 2 is 1.50 bits per heavy atom. The van der Waals surface area contributed by atoms with Crippen molar-refractivity contribution in [3.63, 3.8) is 0 Å². The number of ether oxygens (including phenoxy) is 2. The summed E-state index contributed by atoms with van der Waals surface area (Å²) in [4.78, 5) is 11.6. The van der Waals surface area contributed by atoms with Crippen molar-refractivity contribution in [1.82, 2.24) is 0 Å². The van der Waals surface area contributed by atoms with E-state index >= 15 is 0 Å². The van der Waals surface area contributed by atoms with E-state index in [2.05, 4.69) is 0 Å². The minimum absolute atomic E-state index is 0.00647. The van der Waals surface area contributed by atoms with Crippen LogP contribution in [0.5, 0.6) is 23.0 Å². The summed E-state index contributed by atoms with van der Waals surface area (Å²) in [7, 11) is -2.48. The zero-order valence-corrected chi connectivity index (χ0v) is 13.5. The molecule has 0 heterocycles. The van der Waals surface area contributed by atoms with Crippen molar-refractivity contribution in [3.05, 3.63) is 41.5 Å². The van der Waals surface area contributed by atoms with Gasteiger partial charge in [0.05, 0.1) is 19.8 Å². The van der Waals surface area contributed by atoms with Gasteiger partial charge in [0.15, 0.2) is 33.7 Å². The van der Waals surface area contributed by atoms with Crippen molar-refractivity contribution < 1.29 is 37.5 Å². The van der Waals surface area contributed by atoms with Crippen molar-refractivity contribution in [3.8, 4) is 23.0 Å². The van der Waals surface area contributed by atoms with E-state index in [4.69, 9.17) is 9.47 Å². The average molecular weight is 354 g/mol. The topological polar surface area (TPSA) is 130 Å². The first kappa shape index (κ1) is 17.6. The number of ketones is 1. The molecule has 0 amide bonds. The number of methoxy groups -OCH3 is 2. The molecule has 24 heavy (non-hydrogen) atoms. The van der Waals surface area contributed by atoms with Crippen LogP contribution in [0.3, 0.4) is 0 Å². The van der Waals surface area contributed by atoms with Crippen LogP contribution < -0.4 is 9.47 Å². The zero-order chi connectivity index (χ0) is 18.1. The van der Waals surface area contributed by atoms with Crippen molar-refractivity contribution in [2.24, 2.45) is 0 Å². The second-order valence-corrected chi connectivity index (χ2v) is 6.01. The van der Waals surface area contributed by atoms with E-state index in [9.17, 15) is 28.0 Å². The summed E-state index contributed by atoms with van der Waals surface area (Å²) >= 11 is 0. The molecule has 0 aliphatic heterocycles. The Bertz CT molecular complexity index is 902. The smallest absolute Gasteiger partial charge is 0.299 e. The van der Waals surface area contributed by atoms with Crippen molar-refractivity contribution >= 4 is 15.9 Å². The highest BCUT2D eigenvalue weighted by molar-refractivity contribution is 7.86. The molecular weight excluding hydrogens is 340 g/mol. The quantitative estimate of drug-likeness (QED) is 0.545. The number of aromatic hydroxyl groups is 2. The number of para-hydroxylation sites is 1. The fourth-order valence-electron chi connectivity index (χ4n) is 2.17. The van der Waals surface area contributed by atoms with Gasteiger partial charge in [-0.2, -0.15) is 8.42 Å². The van der Waals surface area contributed by atoms with Gasteiger partial charge in [-0.15, -0.1) is 0 Å². The Labute approximate surface area is 137 Å². The molecule has 2 aromatic carbocycles. The van der Waals surface area contributed by atoms with Crippen LogP contribution >= 0.6 is 0 Å². The average Bonchev–Trinajstić information content (AvgIpc) is 2.53. The van der Waals surface area contributed by atoms with E-state index < -0.39 is 37.9 Å². The van der Waals surface area contributed by atoms with Crippen LogP contribution in [0.15, 0.2) is 35.2 Å². The summed E-state index contributed by atoms with van der Waals surface area (Å²) in [5, 5.41) is 20.0. The Kier molecular flexibility index (Phi) is 4.67. The van der Waals surface area contributed by atoms with E-state index in [-0.39, 0.29) is 17.1 Å². The summed E-state index contributed by atoms with van der Waals surface area (Å²) in [6, 6.07) is 6.29. The van der Waals surface area contributed by atoms with Gasteiger partial charge in [0.2, 0.25) is 0 Å². The Hall–Kier alpha value is -2.78. The van der Waals surface area contributed by atoms with Gasteiger partial charge in [-0.25, -0.2) is 0 Å². The number of phenolic OH excluding ortho intramolecular Hbond substituents is 2. The van der Waals surface area contributed by atoms with Crippen molar-refractivity contribution in [2.45, 2.75) is 4.90 Å². The van der Waals surface area contributed by atoms with Gasteiger partial charge in [0, 0.05) is 5.56 Å². The van der Waals surface area contributed by atoms with E-state index in [1.807, 2.05) is 0 Å². The second kappa shape index (κ2) is 6.38. The molecule has 0 aliphatic carbocycles. The maximum Gasteiger partial charge on any atom is 0.299 e. The lowest BCUT2D eigenvalue weighted by Gasteiger charge is -2.13. The third kappa shape index (κ3) is 2.99. The molecule has 0 saturated heterocycles. The summed E-state index contributed by atoms with van der Waals surface area (Å²) < 4.78 is 42.2. The lowest BCUT2D eigenvalue weighted by atomic mass is 10.0. The van der Waals surface area contributed by atoms with Crippen LogP contribution in [-0.2, 0) is 10.1 Å².